The van der Waals surface area contributed by atoms with Crippen LogP contribution in [0, 0.1) is 6.92 Å². The van der Waals surface area contributed by atoms with Gasteiger partial charge in [-0.3, -0.25) is 4.79 Å². The van der Waals surface area contributed by atoms with Gasteiger partial charge in [-0.05, 0) is 37.3 Å². The number of thiophene rings is 1. The van der Waals surface area contributed by atoms with Crippen LogP contribution < -0.4 is 5.32 Å². The molecule has 4 heterocycles. The average Bonchev–Trinajstić information content (AvgIpc) is 3.38. The Morgan fingerprint density at radius 3 is 2.89 bits per heavy atom. The van der Waals surface area contributed by atoms with E-state index in [4.69, 9.17) is 4.98 Å². The summed E-state index contributed by atoms with van der Waals surface area (Å²) < 4.78 is 25.7. The van der Waals surface area contributed by atoms with Crippen LogP contribution in [0.2, 0.25) is 0 Å². The Bertz CT molecular complexity index is 1130. The molecule has 0 aromatic carbocycles. The van der Waals surface area contributed by atoms with Gasteiger partial charge in [0.15, 0.2) is 15.5 Å². The number of carbonyl (C=O) groups excluding carboxylic acids is 1. The van der Waals surface area contributed by atoms with Crippen LogP contribution in [-0.4, -0.2) is 47.1 Å². The summed E-state index contributed by atoms with van der Waals surface area (Å²) in [6.07, 6.45) is 1.36. The van der Waals surface area contributed by atoms with Gasteiger partial charge in [-0.25, -0.2) is 18.1 Å². The Morgan fingerprint density at radius 1 is 1.43 bits per heavy atom. The summed E-state index contributed by atoms with van der Waals surface area (Å²) >= 11 is 1.55. The molecule has 3 aromatic rings. The number of nitrogens with zero attached hydrogens (tertiary/aromatic N) is 3. The van der Waals surface area contributed by atoms with Crippen molar-refractivity contribution in [2.45, 2.75) is 32.7 Å². The van der Waals surface area contributed by atoms with Crippen LogP contribution in [0.5, 0.6) is 0 Å². The maximum atomic E-state index is 12.9. The van der Waals surface area contributed by atoms with Gasteiger partial charge in [-0.15, -0.1) is 11.3 Å². The Kier molecular flexibility index (Phi) is 4.96. The molecule has 0 aliphatic carbocycles. The predicted molar refractivity (Wildman–Crippen MR) is 111 cm³/mol. The lowest BCUT2D eigenvalue weighted by Crippen LogP contribution is -2.24. The van der Waals surface area contributed by atoms with Crippen molar-refractivity contribution < 1.29 is 13.2 Å². The van der Waals surface area contributed by atoms with Crippen LogP contribution in [-0.2, 0) is 9.84 Å². The van der Waals surface area contributed by atoms with Gasteiger partial charge in [0, 0.05) is 6.54 Å². The molecule has 1 amide bonds. The van der Waals surface area contributed by atoms with Crippen molar-refractivity contribution in [2.24, 2.45) is 0 Å². The number of fused-ring (bicyclic) bond motifs is 1. The highest BCUT2D eigenvalue weighted by Crippen LogP contribution is 2.33. The predicted octanol–water partition coefficient (Wildman–Crippen LogP) is 2.97. The molecular weight excluding hydrogens is 396 g/mol. The van der Waals surface area contributed by atoms with Gasteiger partial charge < -0.3 is 5.32 Å². The van der Waals surface area contributed by atoms with Crippen molar-refractivity contribution in [3.63, 3.8) is 0 Å². The van der Waals surface area contributed by atoms with E-state index in [2.05, 4.69) is 10.4 Å². The summed E-state index contributed by atoms with van der Waals surface area (Å²) in [6, 6.07) is 5.46. The van der Waals surface area contributed by atoms with Gasteiger partial charge in [-0.1, -0.05) is 13.0 Å². The zero-order chi connectivity index (χ0) is 19.9. The molecule has 0 spiro atoms. The molecule has 148 valence electrons. The van der Waals surface area contributed by atoms with Gasteiger partial charge in [0.25, 0.3) is 5.91 Å². The highest BCUT2D eigenvalue weighted by atomic mass is 32.2. The molecule has 0 bridgehead atoms. The summed E-state index contributed by atoms with van der Waals surface area (Å²) in [5.41, 5.74) is 2.50. The molecule has 0 radical (unpaired) electrons. The quantitative estimate of drug-likeness (QED) is 0.687. The van der Waals surface area contributed by atoms with Gasteiger partial charge >= 0.3 is 0 Å². The van der Waals surface area contributed by atoms with E-state index in [9.17, 15) is 13.2 Å². The molecule has 0 saturated carbocycles. The maximum Gasteiger partial charge on any atom is 0.252 e. The van der Waals surface area contributed by atoms with Crippen LogP contribution >= 0.6 is 11.3 Å². The van der Waals surface area contributed by atoms with E-state index in [1.54, 1.807) is 16.0 Å². The summed E-state index contributed by atoms with van der Waals surface area (Å²) in [7, 11) is -3.06. The number of hydrogen-bond donors (Lipinski definition) is 1. The van der Waals surface area contributed by atoms with Crippen molar-refractivity contribution in [2.75, 3.05) is 18.1 Å². The number of amides is 1. The van der Waals surface area contributed by atoms with Crippen LogP contribution in [0.4, 0.5) is 0 Å². The lowest BCUT2D eigenvalue weighted by atomic mass is 10.1. The molecule has 28 heavy (non-hydrogen) atoms. The molecule has 9 heteroatoms. The molecule has 1 N–H and O–H groups in total. The zero-order valence-electron chi connectivity index (χ0n) is 15.8. The molecule has 1 atom stereocenters. The van der Waals surface area contributed by atoms with Gasteiger partial charge in [0.2, 0.25) is 0 Å². The Morgan fingerprint density at radius 2 is 2.25 bits per heavy atom. The number of aryl methyl sites for hydroxylation is 1. The Hall–Kier alpha value is -2.26. The largest absolute Gasteiger partial charge is 0.352 e. The summed E-state index contributed by atoms with van der Waals surface area (Å²) in [6.45, 7) is 4.43. The number of rotatable bonds is 5. The minimum atomic E-state index is -3.06. The third-order valence-electron chi connectivity index (χ3n) is 4.94. The molecule has 1 aliphatic rings. The van der Waals surface area contributed by atoms with Gasteiger partial charge in [-0.2, -0.15) is 5.10 Å². The molecule has 3 aromatic heterocycles. The van der Waals surface area contributed by atoms with E-state index in [0.717, 1.165) is 11.3 Å². The second-order valence-corrected chi connectivity index (χ2v) is 10.3. The lowest BCUT2D eigenvalue weighted by Gasteiger charge is -2.11. The lowest BCUT2D eigenvalue weighted by molar-refractivity contribution is 0.0955. The highest BCUT2D eigenvalue weighted by molar-refractivity contribution is 7.91. The molecule has 1 unspecified atom stereocenters. The zero-order valence-corrected chi connectivity index (χ0v) is 17.4. The standard InChI is InChI=1S/C19H22N4O3S2/c1-3-7-20-19(24)14-10-15(16-5-4-8-27-16)21-18-17(14)12(2)22-23(18)13-6-9-28(25,26)11-13/h4-5,8,10,13H,3,6-7,9,11H2,1-2H3,(H,20,24). The van der Waals surface area contributed by atoms with E-state index in [0.29, 0.717) is 41.0 Å². The van der Waals surface area contributed by atoms with Crippen molar-refractivity contribution in [3.05, 3.63) is 34.8 Å². The number of sulfone groups is 1. The Balaban J connectivity index is 1.91. The third kappa shape index (κ3) is 3.44. The van der Waals surface area contributed by atoms with Crippen molar-refractivity contribution in [1.29, 1.82) is 0 Å². The monoisotopic (exact) mass is 418 g/mol. The fraction of sp³-hybridized carbons (Fsp3) is 0.421. The molecule has 1 fully saturated rings. The Labute approximate surface area is 167 Å². The minimum absolute atomic E-state index is 0.0610. The number of hydrogen-bond acceptors (Lipinski definition) is 6. The van der Waals surface area contributed by atoms with Crippen molar-refractivity contribution in [3.8, 4) is 10.6 Å². The normalized spacial score (nSPS) is 18.6. The smallest absolute Gasteiger partial charge is 0.252 e. The minimum Gasteiger partial charge on any atom is -0.352 e. The van der Waals surface area contributed by atoms with E-state index >= 15 is 0 Å². The SMILES string of the molecule is CCCNC(=O)c1cc(-c2cccs2)nc2c1c(C)nn2C1CCS(=O)(=O)C1. The molecule has 1 aliphatic heterocycles. The average molecular weight is 419 g/mol. The van der Waals surface area contributed by atoms with E-state index in [1.807, 2.05) is 37.4 Å². The first kappa shape index (κ1) is 19.1. The fourth-order valence-corrected chi connectivity index (χ4v) is 5.98. The summed E-state index contributed by atoms with van der Waals surface area (Å²) in [5, 5.41) is 10.2. The summed E-state index contributed by atoms with van der Waals surface area (Å²) in [5.74, 6) is 0.0617. The van der Waals surface area contributed by atoms with Crippen molar-refractivity contribution >= 4 is 38.1 Å². The van der Waals surface area contributed by atoms with Crippen LogP contribution in [0.1, 0.15) is 41.9 Å². The highest BCUT2D eigenvalue weighted by Gasteiger charge is 2.32. The van der Waals surface area contributed by atoms with E-state index in [-0.39, 0.29) is 23.5 Å². The van der Waals surface area contributed by atoms with E-state index < -0.39 is 9.84 Å². The topological polar surface area (TPSA) is 93.9 Å². The first-order chi connectivity index (χ1) is 13.4. The van der Waals surface area contributed by atoms with Gasteiger partial charge in [0.1, 0.15) is 0 Å². The van der Waals surface area contributed by atoms with Crippen LogP contribution in [0.3, 0.4) is 0 Å². The number of aromatic nitrogens is 3. The first-order valence-electron chi connectivity index (χ1n) is 9.32. The molecule has 4 rings (SSSR count). The second-order valence-electron chi connectivity index (χ2n) is 7.07. The third-order valence-corrected chi connectivity index (χ3v) is 7.59. The van der Waals surface area contributed by atoms with Gasteiger partial charge in [0.05, 0.1) is 44.8 Å². The number of nitrogens with one attached hydrogen (secondary N) is 1. The molecule has 1 saturated heterocycles. The number of carbonyl (C=O) groups is 1. The van der Waals surface area contributed by atoms with Crippen molar-refractivity contribution in [1.82, 2.24) is 20.1 Å². The van der Waals surface area contributed by atoms with Crippen LogP contribution in [0.15, 0.2) is 23.6 Å². The van der Waals surface area contributed by atoms with Crippen LogP contribution in [0.25, 0.3) is 21.6 Å². The fourth-order valence-electron chi connectivity index (χ4n) is 3.60. The van der Waals surface area contributed by atoms with E-state index in [1.165, 1.54) is 0 Å². The summed E-state index contributed by atoms with van der Waals surface area (Å²) in [4.78, 5) is 18.6. The number of pyridine rings is 1. The molecular formula is C19H22N4O3S2. The maximum absolute atomic E-state index is 12.9. The first-order valence-corrected chi connectivity index (χ1v) is 12.0. The molecule has 7 nitrogen and oxygen atoms in total. The second kappa shape index (κ2) is 7.29.